The van der Waals surface area contributed by atoms with Crippen molar-refractivity contribution >= 4 is 17.5 Å². The summed E-state index contributed by atoms with van der Waals surface area (Å²) in [6.45, 7) is 0.419. The zero-order valence-electron chi connectivity index (χ0n) is 16.3. The van der Waals surface area contributed by atoms with E-state index >= 15 is 0 Å². The van der Waals surface area contributed by atoms with Crippen molar-refractivity contribution in [3.63, 3.8) is 0 Å². The highest BCUT2D eigenvalue weighted by atomic mass is 16.2. The van der Waals surface area contributed by atoms with E-state index in [0.717, 1.165) is 28.8 Å². The molecule has 4 nitrogen and oxygen atoms in total. The van der Waals surface area contributed by atoms with Crippen LogP contribution in [0.3, 0.4) is 0 Å². The summed E-state index contributed by atoms with van der Waals surface area (Å²) in [5.74, 6) is -0.323. The number of hydrogen-bond donors (Lipinski definition) is 1. The molecule has 1 heterocycles. The molecule has 1 aliphatic rings. The molecule has 0 saturated carbocycles. The van der Waals surface area contributed by atoms with Crippen LogP contribution in [0.4, 0.5) is 5.69 Å². The average molecular weight is 384 g/mol. The van der Waals surface area contributed by atoms with E-state index in [4.69, 9.17) is 5.73 Å². The zero-order chi connectivity index (χ0) is 20.3. The van der Waals surface area contributed by atoms with Gasteiger partial charge in [-0.3, -0.25) is 9.59 Å². The Kier molecular flexibility index (Phi) is 5.17. The van der Waals surface area contributed by atoms with Gasteiger partial charge in [-0.2, -0.15) is 0 Å². The predicted octanol–water partition coefficient (Wildman–Crippen LogP) is 3.83. The standard InChI is InChI=1S/C25H24N2O2/c26-24(29)25(20-10-3-1-4-11-20,21-12-5-2-6-13-21)17-18-27-22-14-8-7-9-19(22)15-16-23(27)28/h1-14H,15-18H2,(H2,26,29). The molecule has 0 bridgehead atoms. The molecule has 29 heavy (non-hydrogen) atoms. The second-order valence-electron chi connectivity index (χ2n) is 7.43. The number of carbonyl (C=O) groups excluding carboxylic acids is 2. The fourth-order valence-electron chi connectivity index (χ4n) is 4.33. The van der Waals surface area contributed by atoms with Crippen LogP contribution in [0.1, 0.15) is 29.5 Å². The molecule has 0 fully saturated rings. The first-order valence-corrected chi connectivity index (χ1v) is 9.92. The van der Waals surface area contributed by atoms with Gasteiger partial charge in [0.1, 0.15) is 5.41 Å². The molecule has 0 spiro atoms. The lowest BCUT2D eigenvalue weighted by Gasteiger charge is -2.36. The normalized spacial score (nSPS) is 13.8. The summed E-state index contributed by atoms with van der Waals surface area (Å²) in [5.41, 5.74) is 8.82. The van der Waals surface area contributed by atoms with Gasteiger partial charge in [0.05, 0.1) is 0 Å². The van der Waals surface area contributed by atoms with Crippen LogP contribution in [-0.2, 0) is 21.4 Å². The highest BCUT2D eigenvalue weighted by Gasteiger charge is 2.41. The Bertz CT molecular complexity index is 976. The van der Waals surface area contributed by atoms with Crippen LogP contribution >= 0.6 is 0 Å². The van der Waals surface area contributed by atoms with E-state index in [0.29, 0.717) is 19.4 Å². The molecule has 0 atom stereocenters. The number of rotatable bonds is 6. The smallest absolute Gasteiger partial charge is 0.232 e. The number of nitrogens with zero attached hydrogens (tertiary/aromatic N) is 1. The van der Waals surface area contributed by atoms with E-state index in [9.17, 15) is 9.59 Å². The molecule has 0 saturated heterocycles. The lowest BCUT2D eigenvalue weighted by Crippen LogP contribution is -2.46. The summed E-state index contributed by atoms with van der Waals surface area (Å²) in [7, 11) is 0. The highest BCUT2D eigenvalue weighted by Crippen LogP contribution is 2.37. The molecule has 2 amide bonds. The molecule has 0 aliphatic carbocycles. The van der Waals surface area contributed by atoms with Crippen LogP contribution in [0.25, 0.3) is 0 Å². The Hall–Kier alpha value is -3.40. The maximum absolute atomic E-state index is 12.9. The predicted molar refractivity (Wildman–Crippen MR) is 115 cm³/mol. The number of primary amides is 1. The van der Waals surface area contributed by atoms with Gasteiger partial charge in [-0.15, -0.1) is 0 Å². The van der Waals surface area contributed by atoms with Crippen LogP contribution < -0.4 is 10.6 Å². The Morgan fingerprint density at radius 1 is 0.828 bits per heavy atom. The van der Waals surface area contributed by atoms with Gasteiger partial charge in [0.25, 0.3) is 0 Å². The van der Waals surface area contributed by atoms with Crippen LogP contribution in [0.15, 0.2) is 84.9 Å². The van der Waals surface area contributed by atoms with Crippen molar-refractivity contribution in [2.45, 2.75) is 24.7 Å². The number of fused-ring (bicyclic) bond motifs is 1. The molecule has 0 unspecified atom stereocenters. The monoisotopic (exact) mass is 384 g/mol. The number of hydrogen-bond acceptors (Lipinski definition) is 2. The Morgan fingerprint density at radius 2 is 1.38 bits per heavy atom. The molecule has 4 heteroatoms. The van der Waals surface area contributed by atoms with Crippen molar-refractivity contribution in [2.75, 3.05) is 11.4 Å². The topological polar surface area (TPSA) is 63.4 Å². The van der Waals surface area contributed by atoms with E-state index in [1.54, 1.807) is 0 Å². The summed E-state index contributed by atoms with van der Waals surface area (Å²) in [4.78, 5) is 27.5. The summed E-state index contributed by atoms with van der Waals surface area (Å²) >= 11 is 0. The Morgan fingerprint density at radius 3 is 1.97 bits per heavy atom. The van der Waals surface area contributed by atoms with Crippen molar-refractivity contribution in [2.24, 2.45) is 5.73 Å². The van der Waals surface area contributed by atoms with E-state index < -0.39 is 11.3 Å². The van der Waals surface area contributed by atoms with Crippen molar-refractivity contribution in [1.29, 1.82) is 0 Å². The number of benzene rings is 3. The van der Waals surface area contributed by atoms with Crippen LogP contribution in [0, 0.1) is 0 Å². The summed E-state index contributed by atoms with van der Waals surface area (Å²) < 4.78 is 0. The van der Waals surface area contributed by atoms with Crippen LogP contribution in [0.5, 0.6) is 0 Å². The average Bonchev–Trinajstić information content (AvgIpc) is 2.76. The molecule has 1 aliphatic heterocycles. The van der Waals surface area contributed by atoms with E-state index in [-0.39, 0.29) is 5.91 Å². The largest absolute Gasteiger partial charge is 0.369 e. The number of para-hydroxylation sites is 1. The number of carbonyl (C=O) groups is 2. The lowest BCUT2D eigenvalue weighted by atomic mass is 9.71. The van der Waals surface area contributed by atoms with E-state index in [1.165, 1.54) is 0 Å². The van der Waals surface area contributed by atoms with Gasteiger partial charge in [0, 0.05) is 18.7 Å². The Balaban J connectivity index is 1.76. The van der Waals surface area contributed by atoms with Gasteiger partial charge in [0.2, 0.25) is 11.8 Å². The summed E-state index contributed by atoms with van der Waals surface area (Å²) in [5, 5.41) is 0. The van der Waals surface area contributed by atoms with E-state index in [1.807, 2.05) is 83.8 Å². The Labute approximate surface area is 171 Å². The number of aryl methyl sites for hydroxylation is 1. The number of anilines is 1. The third kappa shape index (κ3) is 3.42. The minimum atomic E-state index is -1.00. The first-order chi connectivity index (χ1) is 14.1. The van der Waals surface area contributed by atoms with Crippen molar-refractivity contribution in [1.82, 2.24) is 0 Å². The minimum Gasteiger partial charge on any atom is -0.369 e. The molecule has 2 N–H and O–H groups in total. The lowest BCUT2D eigenvalue weighted by molar-refractivity contribution is -0.123. The third-order valence-corrected chi connectivity index (χ3v) is 5.86. The zero-order valence-corrected chi connectivity index (χ0v) is 16.3. The summed E-state index contributed by atoms with van der Waals surface area (Å²) in [6.07, 6.45) is 1.65. The minimum absolute atomic E-state index is 0.0863. The molecule has 3 aromatic carbocycles. The van der Waals surface area contributed by atoms with Crippen LogP contribution in [0.2, 0.25) is 0 Å². The van der Waals surface area contributed by atoms with Gasteiger partial charge in [0.15, 0.2) is 0 Å². The highest BCUT2D eigenvalue weighted by molar-refractivity contribution is 5.97. The van der Waals surface area contributed by atoms with Gasteiger partial charge in [-0.05, 0) is 35.6 Å². The van der Waals surface area contributed by atoms with E-state index in [2.05, 4.69) is 6.07 Å². The molecule has 0 radical (unpaired) electrons. The molecule has 0 aromatic heterocycles. The maximum atomic E-state index is 12.9. The van der Waals surface area contributed by atoms with Gasteiger partial charge >= 0.3 is 0 Å². The van der Waals surface area contributed by atoms with Crippen molar-refractivity contribution < 1.29 is 9.59 Å². The molecule has 4 rings (SSSR count). The van der Waals surface area contributed by atoms with Gasteiger partial charge in [-0.1, -0.05) is 78.9 Å². The van der Waals surface area contributed by atoms with Crippen LogP contribution in [-0.4, -0.2) is 18.4 Å². The third-order valence-electron chi connectivity index (χ3n) is 5.86. The SMILES string of the molecule is NC(=O)C(CCN1C(=O)CCc2ccccc21)(c1ccccc1)c1ccccc1. The maximum Gasteiger partial charge on any atom is 0.232 e. The number of nitrogens with two attached hydrogens (primary N) is 1. The van der Waals surface area contributed by atoms with Crippen molar-refractivity contribution in [3.8, 4) is 0 Å². The first-order valence-electron chi connectivity index (χ1n) is 9.92. The summed E-state index contributed by atoms with van der Waals surface area (Å²) in [6, 6.07) is 27.2. The van der Waals surface area contributed by atoms with Gasteiger partial charge in [-0.25, -0.2) is 0 Å². The quantitative estimate of drug-likeness (QED) is 0.702. The molecular formula is C25H24N2O2. The first kappa shape index (κ1) is 18.9. The molecule has 3 aromatic rings. The second-order valence-corrected chi connectivity index (χ2v) is 7.43. The van der Waals surface area contributed by atoms with Crippen molar-refractivity contribution in [3.05, 3.63) is 102 Å². The number of amides is 2. The second kappa shape index (κ2) is 7.92. The molecule has 146 valence electrons. The van der Waals surface area contributed by atoms with Gasteiger partial charge < -0.3 is 10.6 Å². The fourth-order valence-corrected chi connectivity index (χ4v) is 4.33. The molecular weight excluding hydrogens is 360 g/mol. The fraction of sp³-hybridized carbons (Fsp3) is 0.200.